The van der Waals surface area contributed by atoms with Crippen molar-refractivity contribution in [3.8, 4) is 11.3 Å². The van der Waals surface area contributed by atoms with Crippen molar-refractivity contribution in [2.75, 3.05) is 24.5 Å². The first kappa shape index (κ1) is 27.0. The largest absolute Gasteiger partial charge is 0.444 e. The fourth-order valence-electron chi connectivity index (χ4n) is 5.14. The minimum Gasteiger partial charge on any atom is -0.444 e. The van der Waals surface area contributed by atoms with Crippen LogP contribution in [0, 0.1) is 11.6 Å². The third-order valence-corrected chi connectivity index (χ3v) is 7.24. The van der Waals surface area contributed by atoms with Crippen LogP contribution < -0.4 is 4.90 Å². The predicted molar refractivity (Wildman–Crippen MR) is 149 cm³/mol. The minimum atomic E-state index is -0.645. The van der Waals surface area contributed by atoms with Gasteiger partial charge < -0.3 is 9.64 Å². The smallest absolute Gasteiger partial charge is 0.410 e. The van der Waals surface area contributed by atoms with E-state index in [1.807, 2.05) is 39.5 Å². The van der Waals surface area contributed by atoms with Crippen LogP contribution in [0.5, 0.6) is 0 Å². The van der Waals surface area contributed by atoms with Crippen LogP contribution in [0.1, 0.15) is 41.0 Å². The lowest BCUT2D eigenvalue weighted by Gasteiger charge is -2.54. The van der Waals surface area contributed by atoms with Crippen LogP contribution in [0.4, 0.5) is 19.4 Å². The standard InChI is InChI=1S/C29H30ClF2N5O2/c1-6-12-37(27(38)39-28(2,3)4)29(5)14-36(15-29)26-19-13-33-24(23(32)25(19)34-16-35-26)18-9-7-8-17-10-11-20(31)22(30)21(17)18/h7-11,13,16H,6,12,14-15H2,1-5H3. The topological polar surface area (TPSA) is 71.5 Å². The zero-order chi connectivity index (χ0) is 28.1. The maximum atomic E-state index is 15.9. The van der Waals surface area contributed by atoms with Gasteiger partial charge >= 0.3 is 6.09 Å². The van der Waals surface area contributed by atoms with Gasteiger partial charge in [0.1, 0.15) is 34.8 Å². The quantitative estimate of drug-likeness (QED) is 0.265. The molecule has 5 rings (SSSR count). The molecule has 0 spiro atoms. The fourth-order valence-corrected chi connectivity index (χ4v) is 5.42. The van der Waals surface area contributed by atoms with E-state index in [1.54, 1.807) is 29.2 Å². The van der Waals surface area contributed by atoms with E-state index in [-0.39, 0.29) is 22.3 Å². The Balaban J connectivity index is 1.49. The molecule has 2 aromatic carbocycles. The van der Waals surface area contributed by atoms with Gasteiger partial charge in [0.15, 0.2) is 5.82 Å². The van der Waals surface area contributed by atoms with Crippen molar-refractivity contribution in [3.63, 3.8) is 0 Å². The second kappa shape index (κ2) is 9.86. The summed E-state index contributed by atoms with van der Waals surface area (Å²) >= 11 is 6.28. The van der Waals surface area contributed by atoms with Crippen LogP contribution in [-0.4, -0.2) is 56.7 Å². The average Bonchev–Trinajstić information content (AvgIpc) is 2.86. The van der Waals surface area contributed by atoms with Crippen molar-refractivity contribution >= 4 is 45.2 Å². The lowest BCUT2D eigenvalue weighted by molar-refractivity contribution is -0.00663. The molecule has 0 saturated carbocycles. The molecule has 1 amide bonds. The number of rotatable bonds is 5. The highest BCUT2D eigenvalue weighted by Gasteiger charge is 2.47. The fraction of sp³-hybridized carbons (Fsp3) is 0.379. The van der Waals surface area contributed by atoms with E-state index in [4.69, 9.17) is 16.3 Å². The molecule has 0 atom stereocenters. The Hall–Kier alpha value is -3.59. The zero-order valence-electron chi connectivity index (χ0n) is 22.6. The number of carbonyl (C=O) groups is 1. The number of halogens is 3. The second-order valence-corrected chi connectivity index (χ2v) is 11.5. The Bertz CT molecular complexity index is 1580. The summed E-state index contributed by atoms with van der Waals surface area (Å²) in [4.78, 5) is 29.8. The summed E-state index contributed by atoms with van der Waals surface area (Å²) in [6.45, 7) is 11.1. The molecule has 7 nitrogen and oxygen atoms in total. The van der Waals surface area contributed by atoms with Gasteiger partial charge in [0, 0.05) is 36.8 Å². The van der Waals surface area contributed by atoms with E-state index in [1.165, 1.54) is 18.6 Å². The molecular weight excluding hydrogens is 524 g/mol. The highest BCUT2D eigenvalue weighted by molar-refractivity contribution is 6.36. The number of benzene rings is 2. The first-order valence-electron chi connectivity index (χ1n) is 12.9. The summed E-state index contributed by atoms with van der Waals surface area (Å²) in [6, 6.07) is 8.06. The molecule has 3 heterocycles. The minimum absolute atomic E-state index is 0.0257. The van der Waals surface area contributed by atoms with Crippen molar-refractivity contribution in [3.05, 3.63) is 59.5 Å². The summed E-state index contributed by atoms with van der Waals surface area (Å²) in [5.74, 6) is -0.710. The van der Waals surface area contributed by atoms with Gasteiger partial charge in [-0.05, 0) is 45.6 Å². The van der Waals surface area contributed by atoms with Gasteiger partial charge in [-0.3, -0.25) is 9.88 Å². The lowest BCUT2D eigenvalue weighted by atomic mass is 9.89. The van der Waals surface area contributed by atoms with Gasteiger partial charge in [0.2, 0.25) is 0 Å². The first-order valence-corrected chi connectivity index (χ1v) is 13.2. The number of hydrogen-bond acceptors (Lipinski definition) is 6. The maximum Gasteiger partial charge on any atom is 0.410 e. The van der Waals surface area contributed by atoms with Crippen LogP contribution in [0.25, 0.3) is 32.9 Å². The Morgan fingerprint density at radius 2 is 1.90 bits per heavy atom. The van der Waals surface area contributed by atoms with E-state index in [2.05, 4.69) is 15.0 Å². The Labute approximate surface area is 230 Å². The number of ether oxygens (including phenoxy) is 1. The summed E-state index contributed by atoms with van der Waals surface area (Å²) in [6.07, 6.45) is 3.27. The predicted octanol–water partition coefficient (Wildman–Crippen LogP) is 7.00. The number of amides is 1. The number of pyridine rings is 1. The number of nitrogens with zero attached hydrogens (tertiary/aromatic N) is 5. The van der Waals surface area contributed by atoms with E-state index < -0.39 is 22.8 Å². The number of fused-ring (bicyclic) bond motifs is 2. The summed E-state index contributed by atoms with van der Waals surface area (Å²) < 4.78 is 35.9. The molecule has 1 fully saturated rings. The van der Waals surface area contributed by atoms with Crippen molar-refractivity contribution in [1.82, 2.24) is 19.9 Å². The molecule has 1 aliphatic rings. The van der Waals surface area contributed by atoms with E-state index in [0.717, 1.165) is 6.42 Å². The Kier molecular flexibility index (Phi) is 6.83. The molecule has 2 aromatic heterocycles. The molecule has 1 aliphatic heterocycles. The van der Waals surface area contributed by atoms with Gasteiger partial charge in [-0.1, -0.05) is 42.8 Å². The van der Waals surface area contributed by atoms with Crippen molar-refractivity contribution in [2.45, 2.75) is 52.2 Å². The van der Waals surface area contributed by atoms with Crippen LogP contribution in [0.2, 0.25) is 5.02 Å². The van der Waals surface area contributed by atoms with Gasteiger partial charge in [0.05, 0.1) is 15.9 Å². The van der Waals surface area contributed by atoms with Crippen LogP contribution in [-0.2, 0) is 4.74 Å². The molecule has 0 aliphatic carbocycles. The van der Waals surface area contributed by atoms with Gasteiger partial charge in [-0.15, -0.1) is 0 Å². The van der Waals surface area contributed by atoms with Gasteiger partial charge in [-0.2, -0.15) is 0 Å². The molecule has 0 unspecified atom stereocenters. The van der Waals surface area contributed by atoms with Crippen LogP contribution in [0.15, 0.2) is 42.9 Å². The zero-order valence-corrected chi connectivity index (χ0v) is 23.3. The van der Waals surface area contributed by atoms with Gasteiger partial charge in [0.25, 0.3) is 0 Å². The van der Waals surface area contributed by atoms with E-state index in [0.29, 0.717) is 47.2 Å². The molecule has 39 heavy (non-hydrogen) atoms. The van der Waals surface area contributed by atoms with Crippen LogP contribution >= 0.6 is 11.6 Å². The van der Waals surface area contributed by atoms with Crippen molar-refractivity contribution in [1.29, 1.82) is 0 Å². The number of carbonyl (C=O) groups excluding carboxylic acids is 1. The molecule has 0 bridgehead atoms. The SMILES string of the molecule is CCCN(C(=O)OC(C)(C)C)C1(C)CN(c2ncnc3c(F)c(-c4cccc5ccc(F)c(Cl)c45)ncc23)C1. The molecule has 1 saturated heterocycles. The molecular formula is C29H30ClF2N5O2. The van der Waals surface area contributed by atoms with E-state index in [9.17, 15) is 9.18 Å². The maximum absolute atomic E-state index is 15.9. The third kappa shape index (κ3) is 4.84. The van der Waals surface area contributed by atoms with E-state index >= 15 is 4.39 Å². The first-order chi connectivity index (χ1) is 18.4. The molecule has 0 radical (unpaired) electrons. The number of hydrogen-bond donors (Lipinski definition) is 0. The Morgan fingerprint density at radius 1 is 1.15 bits per heavy atom. The van der Waals surface area contributed by atoms with Gasteiger partial charge in [-0.25, -0.2) is 23.5 Å². The third-order valence-electron chi connectivity index (χ3n) is 6.87. The monoisotopic (exact) mass is 553 g/mol. The lowest BCUT2D eigenvalue weighted by Crippen LogP contribution is -2.70. The molecule has 10 heteroatoms. The van der Waals surface area contributed by atoms with Crippen molar-refractivity contribution in [2.24, 2.45) is 0 Å². The number of aromatic nitrogens is 3. The average molecular weight is 554 g/mol. The highest BCUT2D eigenvalue weighted by Crippen LogP contribution is 2.39. The van der Waals surface area contributed by atoms with Crippen molar-refractivity contribution < 1.29 is 18.3 Å². The van der Waals surface area contributed by atoms with Crippen LogP contribution in [0.3, 0.4) is 0 Å². The molecule has 0 N–H and O–H groups in total. The molecule has 4 aromatic rings. The second-order valence-electron chi connectivity index (χ2n) is 11.1. The summed E-state index contributed by atoms with van der Waals surface area (Å²) in [5, 5.41) is 1.41. The summed E-state index contributed by atoms with van der Waals surface area (Å²) in [5.41, 5.74) is -0.586. The normalized spacial score (nSPS) is 14.9. The Morgan fingerprint density at radius 3 is 2.59 bits per heavy atom. The highest BCUT2D eigenvalue weighted by atomic mass is 35.5. The number of anilines is 1. The molecule has 204 valence electrons. The summed E-state index contributed by atoms with van der Waals surface area (Å²) in [7, 11) is 0.